The molecule has 0 radical (unpaired) electrons. The van der Waals surface area contributed by atoms with Crippen molar-refractivity contribution in [3.05, 3.63) is 58.4 Å². The van der Waals surface area contributed by atoms with Crippen LogP contribution in [-0.4, -0.2) is 30.1 Å². The number of hydrogen-bond donors (Lipinski definition) is 1. The van der Waals surface area contributed by atoms with E-state index in [1.54, 1.807) is 25.1 Å². The van der Waals surface area contributed by atoms with Crippen molar-refractivity contribution in [2.24, 2.45) is 0 Å². The summed E-state index contributed by atoms with van der Waals surface area (Å²) in [6.45, 7) is 2.46. The molecule has 1 fully saturated rings. The Balaban J connectivity index is 1.63. The lowest BCUT2D eigenvalue weighted by atomic mass is 9.91. The largest absolute Gasteiger partial charge is 0.486 e. The average Bonchev–Trinajstić information content (AvgIpc) is 2.87. The Morgan fingerprint density at radius 2 is 1.89 bits per heavy atom. The van der Waals surface area contributed by atoms with Crippen molar-refractivity contribution < 1.29 is 23.5 Å². The van der Waals surface area contributed by atoms with Gasteiger partial charge in [0, 0.05) is 5.02 Å². The molecule has 2 aromatic rings. The zero-order valence-electron chi connectivity index (χ0n) is 14.4. The molecule has 1 unspecified atom stereocenters. The first kappa shape index (κ1) is 17.6. The molecule has 2 aliphatic heterocycles. The summed E-state index contributed by atoms with van der Waals surface area (Å²) in [7, 11) is 0. The van der Waals surface area contributed by atoms with E-state index in [0.717, 1.165) is 11.0 Å². The molecule has 1 saturated heterocycles. The molecule has 0 spiro atoms. The van der Waals surface area contributed by atoms with Crippen LogP contribution < -0.4 is 14.8 Å². The molecule has 4 rings (SSSR count). The first-order valence-electron chi connectivity index (χ1n) is 8.36. The van der Waals surface area contributed by atoms with E-state index in [0.29, 0.717) is 35.8 Å². The monoisotopic (exact) mass is 390 g/mol. The fraction of sp³-hybridized carbons (Fsp3) is 0.263. The predicted molar refractivity (Wildman–Crippen MR) is 95.3 cm³/mol. The molecule has 0 aromatic heterocycles. The van der Waals surface area contributed by atoms with Gasteiger partial charge >= 0.3 is 6.03 Å². The van der Waals surface area contributed by atoms with Crippen molar-refractivity contribution in [2.45, 2.75) is 19.0 Å². The quantitative estimate of drug-likeness (QED) is 0.817. The lowest BCUT2D eigenvalue weighted by molar-refractivity contribution is -0.131. The van der Waals surface area contributed by atoms with Crippen molar-refractivity contribution in [1.82, 2.24) is 10.2 Å². The van der Waals surface area contributed by atoms with Gasteiger partial charge in [-0.15, -0.1) is 0 Å². The van der Waals surface area contributed by atoms with Gasteiger partial charge in [-0.3, -0.25) is 9.69 Å². The minimum absolute atomic E-state index is 0.0517. The summed E-state index contributed by atoms with van der Waals surface area (Å²) in [5, 5.41) is 2.88. The summed E-state index contributed by atoms with van der Waals surface area (Å²) in [5.74, 6) is 0.217. The number of halogens is 2. The van der Waals surface area contributed by atoms with E-state index in [9.17, 15) is 14.0 Å². The molecule has 8 heteroatoms. The Morgan fingerprint density at radius 1 is 1.15 bits per heavy atom. The van der Waals surface area contributed by atoms with Gasteiger partial charge in [0.15, 0.2) is 11.5 Å². The third-order valence-corrected chi connectivity index (χ3v) is 5.09. The van der Waals surface area contributed by atoms with Gasteiger partial charge < -0.3 is 14.8 Å². The minimum atomic E-state index is -1.25. The van der Waals surface area contributed by atoms with E-state index < -0.39 is 23.3 Å². The molecule has 2 aromatic carbocycles. The number of fused-ring (bicyclic) bond motifs is 1. The van der Waals surface area contributed by atoms with Gasteiger partial charge in [-0.05, 0) is 42.3 Å². The molecule has 2 heterocycles. The van der Waals surface area contributed by atoms with E-state index >= 15 is 0 Å². The fourth-order valence-corrected chi connectivity index (χ4v) is 3.44. The van der Waals surface area contributed by atoms with Crippen LogP contribution in [0.1, 0.15) is 18.1 Å². The average molecular weight is 391 g/mol. The molecule has 0 bridgehead atoms. The Kier molecular flexibility index (Phi) is 4.19. The van der Waals surface area contributed by atoms with Crippen LogP contribution in [0.4, 0.5) is 9.18 Å². The van der Waals surface area contributed by atoms with E-state index in [-0.39, 0.29) is 11.6 Å². The molecule has 27 heavy (non-hydrogen) atoms. The van der Waals surface area contributed by atoms with Crippen LogP contribution in [0.5, 0.6) is 11.5 Å². The summed E-state index contributed by atoms with van der Waals surface area (Å²) in [5.41, 5.74) is -0.190. The highest BCUT2D eigenvalue weighted by Crippen LogP contribution is 2.37. The smallest absolute Gasteiger partial charge is 0.325 e. The normalized spacial score (nSPS) is 21.4. The highest BCUT2D eigenvalue weighted by Gasteiger charge is 2.49. The molecule has 2 aliphatic rings. The number of nitrogens with zero attached hydrogens (tertiary/aromatic N) is 1. The third-order valence-electron chi connectivity index (χ3n) is 4.74. The van der Waals surface area contributed by atoms with Gasteiger partial charge in [-0.2, -0.15) is 0 Å². The van der Waals surface area contributed by atoms with Crippen molar-refractivity contribution in [3.8, 4) is 11.5 Å². The number of benzene rings is 2. The maximum atomic E-state index is 13.2. The summed E-state index contributed by atoms with van der Waals surface area (Å²) in [4.78, 5) is 26.6. The molecule has 0 saturated carbocycles. The van der Waals surface area contributed by atoms with E-state index in [2.05, 4.69) is 5.32 Å². The number of rotatable bonds is 3. The second kappa shape index (κ2) is 6.42. The van der Waals surface area contributed by atoms with Crippen LogP contribution >= 0.6 is 11.6 Å². The number of carbonyl (C=O) groups excluding carboxylic acids is 2. The number of hydrogen-bond acceptors (Lipinski definition) is 4. The molecule has 1 N–H and O–H groups in total. The maximum absolute atomic E-state index is 13.2. The van der Waals surface area contributed by atoms with Crippen LogP contribution in [0.15, 0.2) is 36.4 Å². The number of imide groups is 1. The highest BCUT2D eigenvalue weighted by atomic mass is 35.5. The Morgan fingerprint density at radius 3 is 2.63 bits per heavy atom. The Bertz CT molecular complexity index is 951. The number of nitrogens with one attached hydrogen (secondary N) is 1. The van der Waals surface area contributed by atoms with Crippen LogP contribution in [0.2, 0.25) is 5.02 Å². The molecule has 140 valence electrons. The number of ether oxygens (including phenoxy) is 2. The Labute approximate surface area is 159 Å². The third kappa shape index (κ3) is 2.98. The van der Waals surface area contributed by atoms with Gasteiger partial charge in [0.05, 0.1) is 6.54 Å². The summed E-state index contributed by atoms with van der Waals surface area (Å²) >= 11 is 6.03. The lowest BCUT2D eigenvalue weighted by Crippen LogP contribution is -2.41. The van der Waals surface area contributed by atoms with Gasteiger partial charge in [0.2, 0.25) is 0 Å². The van der Waals surface area contributed by atoms with Crippen LogP contribution in [0.3, 0.4) is 0 Å². The summed E-state index contributed by atoms with van der Waals surface area (Å²) in [6.07, 6.45) is 0. The number of amides is 3. The number of carbonyl (C=O) groups is 2. The standard InChI is InChI=1S/C19H16ClFN2O4/c1-19(12-3-5-15-16(8-12)27-7-6-26-15)17(24)23(18(25)22-19)10-11-2-4-13(21)9-14(11)20/h2-5,8-9H,6-7,10H2,1H3,(H,22,25). The van der Waals surface area contributed by atoms with Crippen molar-refractivity contribution in [1.29, 1.82) is 0 Å². The molecule has 1 atom stereocenters. The predicted octanol–water partition coefficient (Wildman–Crippen LogP) is 3.22. The first-order valence-corrected chi connectivity index (χ1v) is 8.74. The molecule has 0 aliphatic carbocycles. The summed E-state index contributed by atoms with van der Waals surface area (Å²) in [6, 6.07) is 8.43. The first-order chi connectivity index (χ1) is 12.9. The zero-order valence-corrected chi connectivity index (χ0v) is 15.2. The van der Waals surface area contributed by atoms with Gasteiger partial charge in [-0.25, -0.2) is 9.18 Å². The van der Waals surface area contributed by atoms with Crippen LogP contribution in [-0.2, 0) is 16.9 Å². The second-order valence-corrected chi connectivity index (χ2v) is 6.95. The van der Waals surface area contributed by atoms with E-state index in [1.165, 1.54) is 12.1 Å². The SMILES string of the molecule is CC1(c2ccc3c(c2)OCCO3)NC(=O)N(Cc2ccc(F)cc2Cl)C1=O. The minimum Gasteiger partial charge on any atom is -0.486 e. The van der Waals surface area contributed by atoms with Crippen molar-refractivity contribution >= 4 is 23.5 Å². The van der Waals surface area contributed by atoms with E-state index in [1.807, 2.05) is 0 Å². The maximum Gasteiger partial charge on any atom is 0.325 e. The fourth-order valence-electron chi connectivity index (χ4n) is 3.21. The second-order valence-electron chi connectivity index (χ2n) is 6.54. The van der Waals surface area contributed by atoms with Gasteiger partial charge in [0.25, 0.3) is 5.91 Å². The molecular formula is C19H16ClFN2O4. The van der Waals surface area contributed by atoms with Crippen molar-refractivity contribution in [2.75, 3.05) is 13.2 Å². The van der Waals surface area contributed by atoms with Crippen LogP contribution in [0.25, 0.3) is 0 Å². The molecule has 6 nitrogen and oxygen atoms in total. The van der Waals surface area contributed by atoms with Gasteiger partial charge in [-0.1, -0.05) is 23.7 Å². The highest BCUT2D eigenvalue weighted by molar-refractivity contribution is 6.31. The summed E-state index contributed by atoms with van der Waals surface area (Å²) < 4.78 is 24.3. The topological polar surface area (TPSA) is 67.9 Å². The van der Waals surface area contributed by atoms with Crippen molar-refractivity contribution in [3.63, 3.8) is 0 Å². The molecular weight excluding hydrogens is 375 g/mol. The zero-order chi connectivity index (χ0) is 19.2. The molecule has 3 amide bonds. The van der Waals surface area contributed by atoms with E-state index in [4.69, 9.17) is 21.1 Å². The van der Waals surface area contributed by atoms with Gasteiger partial charge in [0.1, 0.15) is 24.6 Å². The lowest BCUT2D eigenvalue weighted by Gasteiger charge is -2.25. The van der Waals surface area contributed by atoms with Crippen LogP contribution in [0, 0.1) is 5.82 Å². The Hall–Kier alpha value is -2.80. The number of urea groups is 1.